The van der Waals surface area contributed by atoms with Crippen molar-refractivity contribution in [2.75, 3.05) is 39.6 Å². The van der Waals surface area contributed by atoms with Gasteiger partial charge in [-0.05, 0) is 24.7 Å². The number of aliphatic hydroxyl groups excluding tert-OH is 6. The third kappa shape index (κ3) is 4.88. The highest BCUT2D eigenvalue weighted by Gasteiger charge is 2.36. The molecule has 0 aromatic heterocycles. The van der Waals surface area contributed by atoms with E-state index in [9.17, 15) is 30.6 Å². The van der Waals surface area contributed by atoms with Crippen LogP contribution in [0, 0.1) is 22.7 Å². The Hall–Kier alpha value is -0.240. The van der Waals surface area contributed by atoms with Crippen molar-refractivity contribution in [2.45, 2.75) is 38.5 Å². The van der Waals surface area contributed by atoms with Crippen LogP contribution in [0.25, 0.3) is 0 Å². The molecule has 1 aliphatic rings. The molecular formula is C16H32O6. The number of aliphatic hydroxyl groups is 6. The van der Waals surface area contributed by atoms with Gasteiger partial charge in [-0.15, -0.1) is 0 Å². The first kappa shape index (κ1) is 19.8. The molecular weight excluding hydrogens is 288 g/mol. The largest absolute Gasteiger partial charge is 0.396 e. The fraction of sp³-hybridized carbons (Fsp3) is 1.00. The Morgan fingerprint density at radius 1 is 0.500 bits per heavy atom. The zero-order valence-electron chi connectivity index (χ0n) is 13.3. The first-order valence-electron chi connectivity index (χ1n) is 8.18. The molecule has 1 rings (SSSR count). The summed E-state index contributed by atoms with van der Waals surface area (Å²) in [6, 6.07) is 0. The Bertz CT molecular complexity index is 246. The fourth-order valence-electron chi connectivity index (χ4n) is 3.55. The van der Waals surface area contributed by atoms with Crippen LogP contribution in [0.3, 0.4) is 0 Å². The van der Waals surface area contributed by atoms with Crippen molar-refractivity contribution in [1.29, 1.82) is 0 Å². The van der Waals surface area contributed by atoms with Crippen LogP contribution in [-0.2, 0) is 0 Å². The van der Waals surface area contributed by atoms with E-state index >= 15 is 0 Å². The van der Waals surface area contributed by atoms with Crippen LogP contribution in [0.4, 0.5) is 0 Å². The predicted octanol–water partition coefficient (Wildman–Crippen LogP) is -0.500. The quantitative estimate of drug-likeness (QED) is 0.323. The molecule has 0 bridgehead atoms. The highest BCUT2D eigenvalue weighted by molar-refractivity contribution is 4.86. The molecule has 0 amide bonds. The second-order valence-electron chi connectivity index (χ2n) is 7.24. The minimum atomic E-state index is -0.803. The van der Waals surface area contributed by atoms with Gasteiger partial charge in [-0.1, -0.05) is 25.7 Å². The van der Waals surface area contributed by atoms with Gasteiger partial charge in [-0.2, -0.15) is 0 Å². The van der Waals surface area contributed by atoms with Crippen LogP contribution in [-0.4, -0.2) is 70.3 Å². The Kier molecular flexibility index (Phi) is 8.24. The van der Waals surface area contributed by atoms with Gasteiger partial charge in [0, 0.05) is 10.8 Å². The zero-order valence-corrected chi connectivity index (χ0v) is 13.3. The van der Waals surface area contributed by atoms with Gasteiger partial charge < -0.3 is 30.6 Å². The lowest BCUT2D eigenvalue weighted by Crippen LogP contribution is -2.38. The second kappa shape index (κ2) is 9.15. The Morgan fingerprint density at radius 2 is 0.727 bits per heavy atom. The van der Waals surface area contributed by atoms with E-state index in [1.54, 1.807) is 0 Å². The summed E-state index contributed by atoms with van der Waals surface area (Å²) >= 11 is 0. The first-order chi connectivity index (χ1) is 10.5. The zero-order chi connectivity index (χ0) is 16.6. The molecule has 1 fully saturated rings. The van der Waals surface area contributed by atoms with Crippen LogP contribution < -0.4 is 0 Å². The summed E-state index contributed by atoms with van der Waals surface area (Å²) in [7, 11) is 0. The van der Waals surface area contributed by atoms with Gasteiger partial charge in [0.25, 0.3) is 0 Å². The molecule has 0 unspecified atom stereocenters. The lowest BCUT2D eigenvalue weighted by atomic mass is 9.69. The van der Waals surface area contributed by atoms with Crippen molar-refractivity contribution in [2.24, 2.45) is 22.7 Å². The number of hydrogen-bond donors (Lipinski definition) is 6. The highest BCUT2D eigenvalue weighted by Crippen LogP contribution is 2.40. The van der Waals surface area contributed by atoms with Crippen molar-refractivity contribution in [1.82, 2.24) is 0 Å². The minimum Gasteiger partial charge on any atom is -0.396 e. The topological polar surface area (TPSA) is 121 Å². The van der Waals surface area contributed by atoms with Crippen molar-refractivity contribution < 1.29 is 30.6 Å². The molecule has 6 nitrogen and oxygen atoms in total. The maximum Gasteiger partial charge on any atom is 0.0531 e. The molecule has 22 heavy (non-hydrogen) atoms. The number of rotatable bonds is 10. The Balaban J connectivity index is 2.49. The highest BCUT2D eigenvalue weighted by atomic mass is 16.3. The second-order valence-corrected chi connectivity index (χ2v) is 7.24. The van der Waals surface area contributed by atoms with E-state index in [1.807, 2.05) is 0 Å². The minimum absolute atomic E-state index is 0.220. The van der Waals surface area contributed by atoms with Crippen LogP contribution in [0.2, 0.25) is 0 Å². The average molecular weight is 320 g/mol. The normalized spacial score (nSPS) is 23.7. The van der Waals surface area contributed by atoms with E-state index in [2.05, 4.69) is 0 Å². The summed E-state index contributed by atoms with van der Waals surface area (Å²) in [5.41, 5.74) is -1.61. The fourth-order valence-corrected chi connectivity index (χ4v) is 3.55. The molecule has 1 aliphatic carbocycles. The van der Waals surface area contributed by atoms with Gasteiger partial charge in [0.05, 0.1) is 39.6 Å². The maximum atomic E-state index is 9.40. The van der Waals surface area contributed by atoms with Gasteiger partial charge in [-0.3, -0.25) is 0 Å². The predicted molar refractivity (Wildman–Crippen MR) is 82.1 cm³/mol. The van der Waals surface area contributed by atoms with Gasteiger partial charge >= 0.3 is 0 Å². The van der Waals surface area contributed by atoms with Crippen molar-refractivity contribution in [3.05, 3.63) is 0 Å². The molecule has 0 radical (unpaired) electrons. The Labute approximate surface area is 132 Å². The average Bonchev–Trinajstić information content (AvgIpc) is 2.59. The summed E-state index contributed by atoms with van der Waals surface area (Å²) < 4.78 is 0. The first-order valence-corrected chi connectivity index (χ1v) is 8.18. The smallest absolute Gasteiger partial charge is 0.0531 e. The van der Waals surface area contributed by atoms with E-state index in [0.717, 1.165) is 25.7 Å². The van der Waals surface area contributed by atoms with Crippen LogP contribution in [0.1, 0.15) is 38.5 Å². The summed E-state index contributed by atoms with van der Waals surface area (Å²) in [4.78, 5) is 0. The lowest BCUT2D eigenvalue weighted by molar-refractivity contribution is -0.0284. The molecule has 0 spiro atoms. The van der Waals surface area contributed by atoms with Gasteiger partial charge in [0.2, 0.25) is 0 Å². The summed E-state index contributed by atoms with van der Waals surface area (Å²) in [5, 5.41) is 56.4. The standard InChI is InChI=1S/C16H32O6/c17-7-15(8-18,9-19)5-13-1-2-14(4-3-13)6-16(10-20,11-21)12-22/h13-14,17-22H,1-12H2. The van der Waals surface area contributed by atoms with Gasteiger partial charge in [0.15, 0.2) is 0 Å². The summed E-state index contributed by atoms with van der Waals surface area (Å²) in [6.07, 6.45) is 4.95. The Morgan fingerprint density at radius 3 is 0.909 bits per heavy atom. The van der Waals surface area contributed by atoms with Crippen LogP contribution in [0.5, 0.6) is 0 Å². The van der Waals surface area contributed by atoms with E-state index in [1.165, 1.54) is 0 Å². The third-order valence-corrected chi connectivity index (χ3v) is 5.42. The van der Waals surface area contributed by atoms with Crippen LogP contribution in [0.15, 0.2) is 0 Å². The molecule has 0 heterocycles. The molecule has 0 aliphatic heterocycles. The maximum absolute atomic E-state index is 9.40. The molecule has 6 N–H and O–H groups in total. The molecule has 0 saturated heterocycles. The van der Waals surface area contributed by atoms with Gasteiger partial charge in [-0.25, -0.2) is 0 Å². The SMILES string of the molecule is OCC(CO)(CO)CC1CCC(CC(CO)(CO)CO)CC1. The number of hydrogen-bond acceptors (Lipinski definition) is 6. The van der Waals surface area contributed by atoms with E-state index in [0.29, 0.717) is 24.7 Å². The van der Waals surface area contributed by atoms with E-state index in [4.69, 9.17) is 0 Å². The third-order valence-electron chi connectivity index (χ3n) is 5.42. The summed E-state index contributed by atoms with van der Waals surface area (Å²) in [5.74, 6) is 0.712. The molecule has 0 aromatic rings. The van der Waals surface area contributed by atoms with Crippen molar-refractivity contribution in [3.8, 4) is 0 Å². The lowest BCUT2D eigenvalue weighted by Gasteiger charge is -2.38. The molecule has 0 atom stereocenters. The van der Waals surface area contributed by atoms with Crippen LogP contribution >= 0.6 is 0 Å². The van der Waals surface area contributed by atoms with Crippen molar-refractivity contribution in [3.63, 3.8) is 0 Å². The van der Waals surface area contributed by atoms with E-state index < -0.39 is 10.8 Å². The molecule has 132 valence electrons. The molecule has 6 heteroatoms. The van der Waals surface area contributed by atoms with E-state index in [-0.39, 0.29) is 39.6 Å². The van der Waals surface area contributed by atoms with Crippen molar-refractivity contribution >= 4 is 0 Å². The monoisotopic (exact) mass is 320 g/mol. The summed E-state index contributed by atoms with van der Waals surface area (Å²) in [6.45, 7) is -1.32. The van der Waals surface area contributed by atoms with Gasteiger partial charge in [0.1, 0.15) is 0 Å². The molecule has 1 saturated carbocycles. The molecule has 0 aromatic carbocycles.